The molecule has 0 saturated carbocycles. The molecule has 1 saturated heterocycles. The standard InChI is InChI=1S/C16H19NO6/c1-10(19)13-14(21)16(23,8-7-12(20)9-18)17(15(13)22)11-5-3-2-4-6-11/h2-8,12-14,18,20-21,23H,9H2,1H3/b8-7-. The molecule has 4 unspecified atom stereocenters. The van der Waals surface area contributed by atoms with Crippen LogP contribution in [0, 0.1) is 5.92 Å². The first-order valence-electron chi connectivity index (χ1n) is 7.11. The highest BCUT2D eigenvalue weighted by molar-refractivity contribution is 6.11. The lowest BCUT2D eigenvalue weighted by Crippen LogP contribution is -2.50. The average Bonchev–Trinajstić information content (AvgIpc) is 2.72. The van der Waals surface area contributed by atoms with Gasteiger partial charge in [0, 0.05) is 5.69 Å². The van der Waals surface area contributed by atoms with Crippen LogP contribution in [0.4, 0.5) is 5.69 Å². The van der Waals surface area contributed by atoms with Gasteiger partial charge >= 0.3 is 0 Å². The number of nitrogens with zero attached hydrogens (tertiary/aromatic N) is 1. The van der Waals surface area contributed by atoms with Crippen molar-refractivity contribution < 1.29 is 30.0 Å². The van der Waals surface area contributed by atoms with E-state index in [0.717, 1.165) is 24.0 Å². The fourth-order valence-corrected chi connectivity index (χ4v) is 2.62. The largest absolute Gasteiger partial charge is 0.393 e. The van der Waals surface area contributed by atoms with E-state index in [1.54, 1.807) is 30.3 Å². The third-order valence-corrected chi connectivity index (χ3v) is 3.80. The van der Waals surface area contributed by atoms with Crippen molar-refractivity contribution in [1.82, 2.24) is 0 Å². The Balaban J connectivity index is 2.52. The predicted octanol–water partition coefficient (Wildman–Crippen LogP) is -0.803. The third kappa shape index (κ3) is 3.04. The molecule has 7 heteroatoms. The van der Waals surface area contributed by atoms with Gasteiger partial charge in [0.2, 0.25) is 5.91 Å². The molecule has 1 aromatic carbocycles. The number of rotatable bonds is 5. The molecule has 0 aromatic heterocycles. The second kappa shape index (κ2) is 6.59. The van der Waals surface area contributed by atoms with Gasteiger partial charge in [0.15, 0.2) is 5.72 Å². The topological polar surface area (TPSA) is 118 Å². The van der Waals surface area contributed by atoms with E-state index >= 15 is 0 Å². The summed E-state index contributed by atoms with van der Waals surface area (Å²) in [5, 5.41) is 39.4. The van der Waals surface area contributed by atoms with Gasteiger partial charge in [0.05, 0.1) is 12.7 Å². The summed E-state index contributed by atoms with van der Waals surface area (Å²) in [6.45, 7) is 0.574. The van der Waals surface area contributed by atoms with Gasteiger partial charge in [-0.3, -0.25) is 14.5 Å². The maximum absolute atomic E-state index is 12.5. The van der Waals surface area contributed by atoms with E-state index < -0.39 is 42.1 Å². The van der Waals surface area contributed by atoms with Crippen LogP contribution in [0.5, 0.6) is 0 Å². The Morgan fingerprint density at radius 1 is 1.39 bits per heavy atom. The van der Waals surface area contributed by atoms with Gasteiger partial charge < -0.3 is 20.4 Å². The zero-order valence-corrected chi connectivity index (χ0v) is 12.5. The van der Waals surface area contributed by atoms with E-state index in [2.05, 4.69) is 0 Å². The number of benzene rings is 1. The highest BCUT2D eigenvalue weighted by Gasteiger charge is 2.58. The number of aliphatic hydroxyl groups excluding tert-OH is 3. The minimum Gasteiger partial charge on any atom is -0.393 e. The van der Waals surface area contributed by atoms with Gasteiger partial charge in [-0.2, -0.15) is 0 Å². The van der Waals surface area contributed by atoms with Crippen molar-refractivity contribution in [1.29, 1.82) is 0 Å². The van der Waals surface area contributed by atoms with Crippen molar-refractivity contribution in [2.45, 2.75) is 24.9 Å². The molecule has 1 amide bonds. The number of anilines is 1. The van der Waals surface area contributed by atoms with Crippen LogP contribution in [0.25, 0.3) is 0 Å². The van der Waals surface area contributed by atoms with Gasteiger partial charge in [-0.25, -0.2) is 0 Å². The molecule has 2 rings (SSSR count). The molecule has 1 aromatic rings. The Kier molecular flexibility index (Phi) is 4.96. The average molecular weight is 321 g/mol. The molecule has 0 aliphatic carbocycles. The molecule has 0 bridgehead atoms. The molecule has 1 fully saturated rings. The molecular formula is C16H19NO6. The van der Waals surface area contributed by atoms with Crippen LogP contribution in [0.2, 0.25) is 0 Å². The minimum atomic E-state index is -2.20. The Morgan fingerprint density at radius 2 is 2.00 bits per heavy atom. The zero-order valence-electron chi connectivity index (χ0n) is 12.5. The van der Waals surface area contributed by atoms with E-state index in [9.17, 15) is 24.9 Å². The lowest BCUT2D eigenvalue weighted by molar-refractivity contribution is -0.133. The molecule has 4 N–H and O–H groups in total. The molecule has 1 aliphatic rings. The number of ketones is 1. The Labute approximate surface area is 133 Å². The molecule has 1 heterocycles. The van der Waals surface area contributed by atoms with Gasteiger partial charge in [-0.05, 0) is 25.1 Å². The van der Waals surface area contributed by atoms with Gasteiger partial charge in [-0.15, -0.1) is 0 Å². The summed E-state index contributed by atoms with van der Waals surface area (Å²) in [6, 6.07) is 8.10. The molecule has 7 nitrogen and oxygen atoms in total. The summed E-state index contributed by atoms with van der Waals surface area (Å²) in [7, 11) is 0. The highest BCUT2D eigenvalue weighted by Crippen LogP contribution is 2.38. The maximum Gasteiger partial charge on any atom is 0.243 e. The van der Waals surface area contributed by atoms with Crippen LogP contribution < -0.4 is 4.90 Å². The van der Waals surface area contributed by atoms with Crippen LogP contribution >= 0.6 is 0 Å². The summed E-state index contributed by atoms with van der Waals surface area (Å²) >= 11 is 0. The van der Waals surface area contributed by atoms with Crippen LogP contribution in [0.15, 0.2) is 42.5 Å². The minimum absolute atomic E-state index is 0.297. The van der Waals surface area contributed by atoms with Crippen LogP contribution in [-0.4, -0.2) is 56.7 Å². The molecule has 1 aliphatic heterocycles. The first kappa shape index (κ1) is 17.3. The van der Waals surface area contributed by atoms with Gasteiger partial charge in [0.1, 0.15) is 17.8 Å². The lowest BCUT2D eigenvalue weighted by Gasteiger charge is -2.33. The van der Waals surface area contributed by atoms with E-state index in [-0.39, 0.29) is 0 Å². The lowest BCUT2D eigenvalue weighted by atomic mass is 9.95. The van der Waals surface area contributed by atoms with Crippen molar-refractivity contribution in [2.24, 2.45) is 5.92 Å². The molecule has 0 radical (unpaired) electrons. The summed E-state index contributed by atoms with van der Waals surface area (Å²) in [4.78, 5) is 25.1. The molecular weight excluding hydrogens is 302 g/mol. The van der Waals surface area contributed by atoms with Crippen molar-refractivity contribution >= 4 is 17.4 Å². The van der Waals surface area contributed by atoms with Gasteiger partial charge in [-0.1, -0.05) is 24.3 Å². The number of carbonyl (C=O) groups is 2. The monoisotopic (exact) mass is 321 g/mol. The van der Waals surface area contributed by atoms with Crippen LogP contribution in [0.3, 0.4) is 0 Å². The van der Waals surface area contributed by atoms with Crippen LogP contribution in [-0.2, 0) is 9.59 Å². The first-order valence-corrected chi connectivity index (χ1v) is 7.11. The van der Waals surface area contributed by atoms with E-state index in [4.69, 9.17) is 5.11 Å². The van der Waals surface area contributed by atoms with Crippen LogP contribution in [0.1, 0.15) is 6.92 Å². The molecule has 4 atom stereocenters. The second-order valence-corrected chi connectivity index (χ2v) is 5.43. The fraction of sp³-hybridized carbons (Fsp3) is 0.375. The predicted molar refractivity (Wildman–Crippen MR) is 81.3 cm³/mol. The normalized spacial score (nSPS) is 29.3. The quantitative estimate of drug-likeness (QED) is 0.416. The smallest absolute Gasteiger partial charge is 0.243 e. The van der Waals surface area contributed by atoms with E-state index in [1.807, 2.05) is 0 Å². The zero-order chi connectivity index (χ0) is 17.2. The van der Waals surface area contributed by atoms with Crippen molar-refractivity contribution in [3.63, 3.8) is 0 Å². The van der Waals surface area contributed by atoms with Gasteiger partial charge in [0.25, 0.3) is 0 Å². The van der Waals surface area contributed by atoms with Crippen molar-refractivity contribution in [2.75, 3.05) is 11.5 Å². The number of aliphatic hydroxyl groups is 4. The Hall–Kier alpha value is -2.06. The number of Topliss-reactive ketones (excluding diaryl/α,β-unsaturated/α-hetero) is 1. The van der Waals surface area contributed by atoms with E-state index in [0.29, 0.717) is 5.69 Å². The maximum atomic E-state index is 12.5. The Bertz CT molecular complexity index is 616. The SMILES string of the molecule is CC(=O)C1C(=O)N(c2ccccc2)C(O)(/C=C\C(O)CO)C1O. The first-order chi connectivity index (χ1) is 10.8. The summed E-state index contributed by atoms with van der Waals surface area (Å²) in [5.74, 6) is -2.71. The number of hydrogen-bond donors (Lipinski definition) is 4. The third-order valence-electron chi connectivity index (χ3n) is 3.80. The molecule has 124 valence electrons. The molecule has 23 heavy (non-hydrogen) atoms. The number of hydrogen-bond acceptors (Lipinski definition) is 6. The van der Waals surface area contributed by atoms with E-state index in [1.165, 1.54) is 0 Å². The number of para-hydroxylation sites is 1. The van der Waals surface area contributed by atoms with Crippen molar-refractivity contribution in [3.05, 3.63) is 42.5 Å². The summed E-state index contributed by atoms with van der Waals surface area (Å²) in [5.41, 5.74) is -1.91. The second-order valence-electron chi connectivity index (χ2n) is 5.43. The number of amides is 1. The van der Waals surface area contributed by atoms with Crippen molar-refractivity contribution in [3.8, 4) is 0 Å². The summed E-state index contributed by atoms with van der Waals surface area (Å²) in [6.07, 6.45) is -0.883. The number of carbonyl (C=O) groups excluding carboxylic acids is 2. The molecule has 0 spiro atoms. The highest BCUT2D eigenvalue weighted by atomic mass is 16.4. The summed E-state index contributed by atoms with van der Waals surface area (Å²) < 4.78 is 0. The fourth-order valence-electron chi connectivity index (χ4n) is 2.62. The Morgan fingerprint density at radius 3 is 2.52 bits per heavy atom.